The van der Waals surface area contributed by atoms with Crippen LogP contribution in [0.1, 0.15) is 49.7 Å². The Bertz CT molecular complexity index is 973. The van der Waals surface area contributed by atoms with E-state index < -0.39 is 0 Å². The molecule has 0 atom stereocenters. The summed E-state index contributed by atoms with van der Waals surface area (Å²) in [4.78, 5) is 13.7. The second-order valence-corrected chi connectivity index (χ2v) is 9.22. The molecular formula is C22H28N4OS2. The highest BCUT2D eigenvalue weighted by Gasteiger charge is 2.21. The highest BCUT2D eigenvalue weighted by atomic mass is 32.2. The van der Waals surface area contributed by atoms with Gasteiger partial charge in [0.05, 0.1) is 5.75 Å². The number of anilines is 1. The third-order valence-electron chi connectivity index (χ3n) is 4.86. The number of thioether (sulfide) groups is 1. The van der Waals surface area contributed by atoms with Crippen LogP contribution in [0.25, 0.3) is 11.4 Å². The van der Waals surface area contributed by atoms with Gasteiger partial charge < -0.3 is 5.32 Å². The number of benzene rings is 1. The fourth-order valence-corrected chi connectivity index (χ4v) is 5.09. The van der Waals surface area contributed by atoms with Crippen LogP contribution in [-0.2, 0) is 17.6 Å². The summed E-state index contributed by atoms with van der Waals surface area (Å²) in [6.45, 7) is 10.7. The molecule has 0 fully saturated rings. The Balaban J connectivity index is 1.73. The molecule has 29 heavy (non-hydrogen) atoms. The van der Waals surface area contributed by atoms with Crippen molar-refractivity contribution < 1.29 is 4.79 Å². The van der Waals surface area contributed by atoms with Gasteiger partial charge in [-0.15, -0.1) is 21.5 Å². The molecule has 0 bridgehead atoms. The van der Waals surface area contributed by atoms with Crippen molar-refractivity contribution in [3.63, 3.8) is 0 Å². The molecule has 3 aromatic rings. The van der Waals surface area contributed by atoms with Gasteiger partial charge in [-0.3, -0.25) is 9.36 Å². The molecule has 0 aliphatic rings. The van der Waals surface area contributed by atoms with Gasteiger partial charge in [0.25, 0.3) is 0 Å². The van der Waals surface area contributed by atoms with Gasteiger partial charge in [-0.05, 0) is 56.9 Å². The minimum absolute atomic E-state index is 0.0419. The highest BCUT2D eigenvalue weighted by molar-refractivity contribution is 7.99. The van der Waals surface area contributed by atoms with Crippen LogP contribution in [0.2, 0.25) is 0 Å². The quantitative estimate of drug-likeness (QED) is 0.464. The molecule has 3 rings (SSSR count). The van der Waals surface area contributed by atoms with E-state index in [1.54, 1.807) is 11.3 Å². The van der Waals surface area contributed by atoms with Crippen molar-refractivity contribution >= 4 is 34.7 Å². The summed E-state index contributed by atoms with van der Waals surface area (Å²) in [5.74, 6) is 1.14. The standard InChI is InChI=1S/C22H28N4OS2/c1-6-16-8-10-17(11-9-16)23-20(27)13-29-22-25-24-21(26(22)14(3)4)19-12-28-15(5)18(19)7-2/h8-12,14H,6-7,13H2,1-5H3,(H,23,27). The Morgan fingerprint density at radius 2 is 1.90 bits per heavy atom. The number of carbonyl (C=O) groups is 1. The number of hydrogen-bond acceptors (Lipinski definition) is 5. The smallest absolute Gasteiger partial charge is 0.234 e. The maximum atomic E-state index is 12.4. The Morgan fingerprint density at radius 1 is 1.17 bits per heavy atom. The van der Waals surface area contributed by atoms with Crippen molar-refractivity contribution in [1.29, 1.82) is 0 Å². The number of nitrogens with one attached hydrogen (secondary N) is 1. The van der Waals surface area contributed by atoms with Gasteiger partial charge in [-0.1, -0.05) is 37.7 Å². The minimum atomic E-state index is -0.0419. The maximum Gasteiger partial charge on any atom is 0.234 e. The van der Waals surface area contributed by atoms with Gasteiger partial charge in [0, 0.05) is 27.5 Å². The van der Waals surface area contributed by atoms with Crippen molar-refractivity contribution in [1.82, 2.24) is 14.8 Å². The highest BCUT2D eigenvalue weighted by Crippen LogP contribution is 2.34. The molecule has 1 N–H and O–H groups in total. The molecule has 7 heteroatoms. The monoisotopic (exact) mass is 428 g/mol. The summed E-state index contributed by atoms with van der Waals surface area (Å²) >= 11 is 3.18. The van der Waals surface area contributed by atoms with Gasteiger partial charge in [0.15, 0.2) is 11.0 Å². The van der Waals surface area contributed by atoms with E-state index in [9.17, 15) is 4.79 Å². The molecule has 2 aromatic heterocycles. The fraction of sp³-hybridized carbons (Fsp3) is 0.409. The molecule has 2 heterocycles. The molecule has 0 saturated carbocycles. The number of amides is 1. The molecule has 1 amide bonds. The first-order chi connectivity index (χ1) is 13.9. The van der Waals surface area contributed by atoms with Crippen LogP contribution in [0.5, 0.6) is 0 Å². The molecule has 1 aromatic carbocycles. The topological polar surface area (TPSA) is 59.8 Å². The Morgan fingerprint density at radius 3 is 2.52 bits per heavy atom. The van der Waals surface area contributed by atoms with Crippen molar-refractivity contribution in [2.45, 2.75) is 58.7 Å². The number of aromatic nitrogens is 3. The first-order valence-electron chi connectivity index (χ1n) is 9.98. The van der Waals surface area contributed by atoms with E-state index >= 15 is 0 Å². The molecule has 0 radical (unpaired) electrons. The molecule has 0 aliphatic heterocycles. The molecule has 5 nitrogen and oxygen atoms in total. The third kappa shape index (κ3) is 4.90. The van der Waals surface area contributed by atoms with Gasteiger partial charge in [-0.25, -0.2) is 0 Å². The molecule has 0 unspecified atom stereocenters. The molecule has 154 valence electrons. The minimum Gasteiger partial charge on any atom is -0.325 e. The van der Waals surface area contributed by atoms with Gasteiger partial charge in [0.2, 0.25) is 5.91 Å². The average Bonchev–Trinajstić information content (AvgIpc) is 3.29. The second kappa shape index (κ2) is 9.59. The van der Waals surface area contributed by atoms with E-state index in [0.29, 0.717) is 5.75 Å². The fourth-order valence-electron chi connectivity index (χ4n) is 3.28. The SMILES string of the molecule is CCc1ccc(NC(=O)CSc2nnc(-c3csc(C)c3CC)n2C(C)C)cc1. The van der Waals surface area contributed by atoms with Crippen LogP contribution in [-0.4, -0.2) is 26.4 Å². The maximum absolute atomic E-state index is 12.4. The van der Waals surface area contributed by atoms with Gasteiger partial charge >= 0.3 is 0 Å². The van der Waals surface area contributed by atoms with Gasteiger partial charge in [-0.2, -0.15) is 0 Å². The normalized spacial score (nSPS) is 11.2. The summed E-state index contributed by atoms with van der Waals surface area (Å²) in [5, 5.41) is 14.8. The summed E-state index contributed by atoms with van der Waals surface area (Å²) in [5.41, 5.74) is 4.56. The number of rotatable bonds is 8. The van der Waals surface area contributed by atoms with Crippen molar-refractivity contribution in [2.24, 2.45) is 0 Å². The predicted octanol–water partition coefficient (Wildman–Crippen LogP) is 5.75. The summed E-state index contributed by atoms with van der Waals surface area (Å²) < 4.78 is 2.13. The van der Waals surface area contributed by atoms with Crippen LogP contribution in [0, 0.1) is 6.92 Å². The zero-order valence-corrected chi connectivity index (χ0v) is 19.3. The van der Waals surface area contributed by atoms with Crippen molar-refractivity contribution in [2.75, 3.05) is 11.1 Å². The largest absolute Gasteiger partial charge is 0.325 e. The lowest BCUT2D eigenvalue weighted by Gasteiger charge is -2.14. The number of thiophene rings is 1. The lowest BCUT2D eigenvalue weighted by Crippen LogP contribution is -2.15. The Kier molecular flexibility index (Phi) is 7.14. The first kappa shape index (κ1) is 21.6. The molecular weight excluding hydrogens is 400 g/mol. The van der Waals surface area contributed by atoms with Crippen LogP contribution in [0.3, 0.4) is 0 Å². The number of carbonyl (C=O) groups excluding carboxylic acids is 1. The summed E-state index contributed by atoms with van der Waals surface area (Å²) in [6, 6.07) is 8.18. The van der Waals surface area contributed by atoms with Crippen LogP contribution >= 0.6 is 23.1 Å². The number of nitrogens with zero attached hydrogens (tertiary/aromatic N) is 3. The van der Waals surface area contributed by atoms with Crippen molar-refractivity contribution in [3.8, 4) is 11.4 Å². The number of hydrogen-bond donors (Lipinski definition) is 1. The molecule has 0 spiro atoms. The van der Waals surface area contributed by atoms with Crippen molar-refractivity contribution in [3.05, 3.63) is 45.6 Å². The molecule has 0 saturated heterocycles. The van der Waals surface area contributed by atoms with Crippen LogP contribution in [0.15, 0.2) is 34.8 Å². The Labute approximate surface area is 180 Å². The number of aryl methyl sites for hydroxylation is 2. The lowest BCUT2D eigenvalue weighted by molar-refractivity contribution is -0.113. The molecule has 0 aliphatic carbocycles. The summed E-state index contributed by atoms with van der Waals surface area (Å²) in [6.07, 6.45) is 1.96. The predicted molar refractivity (Wildman–Crippen MR) is 123 cm³/mol. The van der Waals surface area contributed by atoms with Crippen LogP contribution < -0.4 is 5.32 Å². The van der Waals surface area contributed by atoms with E-state index in [2.05, 4.69) is 60.1 Å². The zero-order valence-electron chi connectivity index (χ0n) is 17.7. The summed E-state index contributed by atoms with van der Waals surface area (Å²) in [7, 11) is 0. The van der Waals surface area contributed by atoms with E-state index in [1.165, 1.54) is 27.8 Å². The second-order valence-electron chi connectivity index (χ2n) is 7.19. The zero-order chi connectivity index (χ0) is 21.0. The van der Waals surface area contributed by atoms with Crippen LogP contribution in [0.4, 0.5) is 5.69 Å². The van der Waals surface area contributed by atoms with E-state index in [0.717, 1.165) is 35.1 Å². The average molecular weight is 429 g/mol. The van der Waals surface area contributed by atoms with Gasteiger partial charge in [0.1, 0.15) is 0 Å². The lowest BCUT2D eigenvalue weighted by atomic mass is 10.1. The Hall–Kier alpha value is -2.12. The van der Waals surface area contributed by atoms with E-state index in [-0.39, 0.29) is 11.9 Å². The van der Waals surface area contributed by atoms with E-state index in [1.807, 2.05) is 24.3 Å². The third-order valence-corrected chi connectivity index (χ3v) is 6.75. The first-order valence-corrected chi connectivity index (χ1v) is 11.8. The van der Waals surface area contributed by atoms with E-state index in [4.69, 9.17) is 0 Å².